The van der Waals surface area contributed by atoms with E-state index in [4.69, 9.17) is 4.98 Å². The predicted molar refractivity (Wildman–Crippen MR) is 115 cm³/mol. The molecule has 1 unspecified atom stereocenters. The molecular formula is C23H26N6O. The number of anilines is 2. The number of fused-ring (bicyclic) bond motifs is 3. The van der Waals surface area contributed by atoms with Crippen molar-refractivity contribution in [3.63, 3.8) is 0 Å². The third-order valence-electron chi connectivity index (χ3n) is 6.88. The second-order valence-corrected chi connectivity index (χ2v) is 8.80. The van der Waals surface area contributed by atoms with Gasteiger partial charge in [-0.2, -0.15) is 14.6 Å². The van der Waals surface area contributed by atoms with Crippen molar-refractivity contribution in [1.29, 1.82) is 0 Å². The molecule has 1 N–H and O–H groups in total. The van der Waals surface area contributed by atoms with Gasteiger partial charge in [0.2, 0.25) is 5.91 Å². The number of carbonyl (C=O) groups is 1. The largest absolute Gasteiger partial charge is 0.355 e. The van der Waals surface area contributed by atoms with E-state index in [2.05, 4.69) is 38.5 Å². The first-order valence-electron chi connectivity index (χ1n) is 11.2. The van der Waals surface area contributed by atoms with Crippen LogP contribution >= 0.6 is 0 Å². The van der Waals surface area contributed by atoms with Crippen LogP contribution in [0.4, 0.5) is 11.5 Å². The van der Waals surface area contributed by atoms with Crippen molar-refractivity contribution in [2.24, 2.45) is 5.92 Å². The minimum atomic E-state index is -0.0317. The molecule has 7 heteroatoms. The second-order valence-electron chi connectivity index (χ2n) is 8.80. The third kappa shape index (κ3) is 2.95. The van der Waals surface area contributed by atoms with E-state index < -0.39 is 0 Å². The van der Waals surface area contributed by atoms with E-state index in [0.717, 1.165) is 68.7 Å². The molecule has 0 saturated carbocycles. The van der Waals surface area contributed by atoms with Crippen molar-refractivity contribution in [1.82, 2.24) is 19.6 Å². The molecule has 1 amide bonds. The minimum Gasteiger partial charge on any atom is -0.355 e. The molecule has 6 rings (SSSR count). The van der Waals surface area contributed by atoms with Gasteiger partial charge in [-0.05, 0) is 74.6 Å². The molecule has 154 valence electrons. The summed E-state index contributed by atoms with van der Waals surface area (Å²) >= 11 is 0. The van der Waals surface area contributed by atoms with E-state index >= 15 is 0 Å². The Morgan fingerprint density at radius 3 is 2.93 bits per heavy atom. The number of nitrogens with zero attached hydrogens (tertiary/aromatic N) is 5. The molecule has 0 spiro atoms. The number of hydrogen-bond donors (Lipinski definition) is 1. The van der Waals surface area contributed by atoms with Crippen molar-refractivity contribution < 1.29 is 4.79 Å². The summed E-state index contributed by atoms with van der Waals surface area (Å²) in [6.45, 7) is 1.65. The van der Waals surface area contributed by atoms with Crippen molar-refractivity contribution in [2.75, 3.05) is 23.3 Å². The fraction of sp³-hybridized carbons (Fsp3) is 0.478. The number of aromatic nitrogens is 4. The van der Waals surface area contributed by atoms with Gasteiger partial charge in [-0.1, -0.05) is 6.07 Å². The molecule has 1 saturated heterocycles. The molecule has 3 heterocycles. The van der Waals surface area contributed by atoms with Gasteiger partial charge in [0.05, 0.1) is 11.6 Å². The zero-order chi connectivity index (χ0) is 20.1. The van der Waals surface area contributed by atoms with Gasteiger partial charge in [0.25, 0.3) is 5.78 Å². The van der Waals surface area contributed by atoms with Crippen molar-refractivity contribution in [3.8, 4) is 0 Å². The SMILES string of the molecule is O=C(Nc1ccc2c(c1)CCC2)C1CCCN(c2c3c(nc4ncnn24)CCC3)C1. The number of nitrogens with one attached hydrogen (secondary N) is 1. The van der Waals surface area contributed by atoms with Gasteiger partial charge in [-0.15, -0.1) is 0 Å². The summed E-state index contributed by atoms with van der Waals surface area (Å²) in [5.41, 5.74) is 6.18. The molecule has 0 radical (unpaired) electrons. The normalized spacial score (nSPS) is 20.4. The zero-order valence-corrected chi connectivity index (χ0v) is 17.1. The van der Waals surface area contributed by atoms with Gasteiger partial charge >= 0.3 is 0 Å². The van der Waals surface area contributed by atoms with Crippen LogP contribution in [0.3, 0.4) is 0 Å². The van der Waals surface area contributed by atoms with Gasteiger partial charge in [0, 0.05) is 24.3 Å². The summed E-state index contributed by atoms with van der Waals surface area (Å²) in [4.78, 5) is 24.5. The van der Waals surface area contributed by atoms with Crippen LogP contribution in [0, 0.1) is 5.92 Å². The molecule has 30 heavy (non-hydrogen) atoms. The highest BCUT2D eigenvalue weighted by Crippen LogP contribution is 2.33. The van der Waals surface area contributed by atoms with Crippen LogP contribution in [0.5, 0.6) is 0 Å². The van der Waals surface area contributed by atoms with Crippen LogP contribution in [0.1, 0.15) is 48.1 Å². The summed E-state index contributed by atoms with van der Waals surface area (Å²) in [7, 11) is 0. The van der Waals surface area contributed by atoms with Crippen LogP contribution in [-0.2, 0) is 30.5 Å². The predicted octanol–water partition coefficient (Wildman–Crippen LogP) is 2.96. The molecule has 7 nitrogen and oxygen atoms in total. The summed E-state index contributed by atoms with van der Waals surface area (Å²) in [6.07, 6.45) is 10.1. The Labute approximate surface area is 175 Å². The lowest BCUT2D eigenvalue weighted by molar-refractivity contribution is -0.120. The standard InChI is InChI=1S/C23H26N6O/c30-21(26-18-10-9-15-4-1-5-16(15)12-18)17-6-3-11-28(13-17)22-19-7-2-8-20(19)27-23-24-14-25-29(22)23/h9-10,12,14,17H,1-8,11,13H2,(H,26,30). The van der Waals surface area contributed by atoms with Crippen molar-refractivity contribution >= 4 is 23.2 Å². The van der Waals surface area contributed by atoms with Crippen LogP contribution in [-0.4, -0.2) is 38.6 Å². The molecule has 2 aromatic heterocycles. The van der Waals surface area contributed by atoms with Crippen molar-refractivity contribution in [3.05, 3.63) is 46.9 Å². The quantitative estimate of drug-likeness (QED) is 0.729. The summed E-state index contributed by atoms with van der Waals surface area (Å²) in [5, 5.41) is 7.63. The molecule has 2 aliphatic carbocycles. The Bertz CT molecular complexity index is 1140. The van der Waals surface area contributed by atoms with E-state index in [1.165, 1.54) is 23.1 Å². The Balaban J connectivity index is 1.25. The Kier molecular flexibility index (Phi) is 4.21. The van der Waals surface area contributed by atoms with Gasteiger partial charge < -0.3 is 10.2 Å². The lowest BCUT2D eigenvalue weighted by Crippen LogP contribution is -2.42. The summed E-state index contributed by atoms with van der Waals surface area (Å²) < 4.78 is 1.87. The monoisotopic (exact) mass is 402 g/mol. The second kappa shape index (κ2) is 7.07. The number of amides is 1. The number of rotatable bonds is 3. The van der Waals surface area contributed by atoms with E-state index in [-0.39, 0.29) is 11.8 Å². The highest BCUT2D eigenvalue weighted by molar-refractivity contribution is 5.93. The number of carbonyl (C=O) groups excluding carboxylic acids is 1. The van der Waals surface area contributed by atoms with Gasteiger partial charge in [-0.3, -0.25) is 4.79 Å². The van der Waals surface area contributed by atoms with E-state index in [9.17, 15) is 4.79 Å². The average molecular weight is 403 g/mol. The van der Waals surface area contributed by atoms with E-state index in [1.54, 1.807) is 6.33 Å². The van der Waals surface area contributed by atoms with Crippen LogP contribution in [0.15, 0.2) is 24.5 Å². The third-order valence-corrected chi connectivity index (χ3v) is 6.88. The van der Waals surface area contributed by atoms with Gasteiger partial charge in [0.1, 0.15) is 12.1 Å². The number of hydrogen-bond acceptors (Lipinski definition) is 5. The Morgan fingerprint density at radius 1 is 1.07 bits per heavy atom. The molecule has 3 aliphatic rings. The molecule has 0 bridgehead atoms. The summed E-state index contributed by atoms with van der Waals surface area (Å²) in [5.74, 6) is 1.85. The molecule has 3 aromatic rings. The maximum absolute atomic E-state index is 13.1. The highest BCUT2D eigenvalue weighted by Gasteiger charge is 2.31. The minimum absolute atomic E-state index is 0.0317. The first-order chi connectivity index (χ1) is 14.8. The Hall–Kier alpha value is -2.96. The first-order valence-corrected chi connectivity index (χ1v) is 11.2. The lowest BCUT2D eigenvalue weighted by Gasteiger charge is -2.34. The fourth-order valence-electron chi connectivity index (χ4n) is 5.40. The summed E-state index contributed by atoms with van der Waals surface area (Å²) in [6, 6.07) is 6.39. The van der Waals surface area contributed by atoms with E-state index in [0.29, 0.717) is 12.3 Å². The van der Waals surface area contributed by atoms with E-state index in [1.807, 2.05) is 4.52 Å². The molecule has 1 fully saturated rings. The van der Waals surface area contributed by atoms with Crippen molar-refractivity contribution in [2.45, 2.75) is 51.4 Å². The molecule has 1 aromatic carbocycles. The highest BCUT2D eigenvalue weighted by atomic mass is 16.1. The topological polar surface area (TPSA) is 75.4 Å². The number of piperidine rings is 1. The maximum Gasteiger partial charge on any atom is 0.254 e. The van der Waals surface area contributed by atoms with Crippen LogP contribution in [0.2, 0.25) is 0 Å². The number of benzene rings is 1. The lowest BCUT2D eigenvalue weighted by atomic mass is 9.96. The molecule has 1 aliphatic heterocycles. The van der Waals surface area contributed by atoms with Crippen LogP contribution < -0.4 is 10.2 Å². The van der Waals surface area contributed by atoms with Crippen LogP contribution in [0.25, 0.3) is 5.78 Å². The zero-order valence-electron chi connectivity index (χ0n) is 17.1. The smallest absolute Gasteiger partial charge is 0.254 e. The molecule has 1 atom stereocenters. The number of aryl methyl sites for hydroxylation is 3. The average Bonchev–Trinajstić information content (AvgIpc) is 3.51. The van der Waals surface area contributed by atoms with Gasteiger partial charge in [0.15, 0.2) is 0 Å². The maximum atomic E-state index is 13.1. The Morgan fingerprint density at radius 2 is 1.97 bits per heavy atom. The fourth-order valence-corrected chi connectivity index (χ4v) is 5.40. The molecular weight excluding hydrogens is 376 g/mol. The first kappa shape index (κ1) is 17.9. The van der Waals surface area contributed by atoms with Gasteiger partial charge in [-0.25, -0.2) is 4.98 Å².